The molecule has 1 atom stereocenters. The Balaban J connectivity index is 2.85. The molecule has 0 radical (unpaired) electrons. The average molecular weight is 323 g/mol. The van der Waals surface area contributed by atoms with Crippen LogP contribution >= 0.6 is 15.9 Å². The highest BCUT2D eigenvalue weighted by molar-refractivity contribution is 9.09. The van der Waals surface area contributed by atoms with Crippen molar-refractivity contribution in [3.05, 3.63) is 35.4 Å². The molecule has 1 rings (SSSR count). The number of benzene rings is 1. The number of carbonyl (C=O) groups is 1. The lowest BCUT2D eigenvalue weighted by atomic mass is 9.85. The van der Waals surface area contributed by atoms with E-state index in [1.165, 1.54) is 0 Å². The molecule has 0 aliphatic carbocycles. The third-order valence-corrected chi connectivity index (χ3v) is 3.46. The maximum atomic E-state index is 12.2. The van der Waals surface area contributed by atoms with Crippen molar-refractivity contribution in [2.75, 3.05) is 5.33 Å². The van der Waals surface area contributed by atoms with E-state index in [4.69, 9.17) is 5.26 Å². The van der Waals surface area contributed by atoms with Gasteiger partial charge in [0, 0.05) is 16.9 Å². The molecule has 0 heterocycles. The number of amides is 1. The fraction of sp³-hybridized carbons (Fsp3) is 0.467. The summed E-state index contributed by atoms with van der Waals surface area (Å²) in [5.41, 5.74) is 1.03. The van der Waals surface area contributed by atoms with Crippen LogP contribution in [0.15, 0.2) is 24.3 Å². The maximum absolute atomic E-state index is 12.2. The first-order valence-corrected chi connectivity index (χ1v) is 7.37. The summed E-state index contributed by atoms with van der Waals surface area (Å²) in [4.78, 5) is 12.2. The van der Waals surface area contributed by atoms with Crippen LogP contribution in [0.2, 0.25) is 0 Å². The summed E-state index contributed by atoms with van der Waals surface area (Å²) >= 11 is 3.42. The first-order chi connectivity index (χ1) is 8.88. The van der Waals surface area contributed by atoms with E-state index in [1.54, 1.807) is 24.3 Å². The fourth-order valence-corrected chi connectivity index (χ4v) is 2.26. The highest BCUT2D eigenvalue weighted by atomic mass is 79.9. The fourth-order valence-electron chi connectivity index (χ4n) is 1.80. The van der Waals surface area contributed by atoms with Crippen molar-refractivity contribution in [3.8, 4) is 6.07 Å². The Morgan fingerprint density at radius 2 is 2.16 bits per heavy atom. The second kappa shape index (κ2) is 6.72. The molecule has 0 aromatic heterocycles. The third-order valence-electron chi connectivity index (χ3n) is 3.00. The number of nitrogens with one attached hydrogen (secondary N) is 1. The molecular formula is C15H19BrN2O. The summed E-state index contributed by atoms with van der Waals surface area (Å²) < 4.78 is 0. The number of hydrogen-bond acceptors (Lipinski definition) is 2. The van der Waals surface area contributed by atoms with Crippen LogP contribution in [0.4, 0.5) is 0 Å². The van der Waals surface area contributed by atoms with E-state index < -0.39 is 0 Å². The summed E-state index contributed by atoms with van der Waals surface area (Å²) in [5.74, 6) is -0.127. The average Bonchev–Trinajstić information content (AvgIpc) is 2.37. The van der Waals surface area contributed by atoms with Crippen LogP contribution in [0, 0.1) is 16.7 Å². The van der Waals surface area contributed by atoms with Gasteiger partial charge in [-0.05, 0) is 30.0 Å². The van der Waals surface area contributed by atoms with Crippen molar-refractivity contribution in [1.82, 2.24) is 5.32 Å². The Kier molecular flexibility index (Phi) is 5.56. The van der Waals surface area contributed by atoms with Gasteiger partial charge in [0.05, 0.1) is 11.6 Å². The normalized spacial score (nSPS) is 12.6. The van der Waals surface area contributed by atoms with Crippen LogP contribution in [-0.2, 0) is 0 Å². The molecule has 102 valence electrons. The lowest BCUT2D eigenvalue weighted by Crippen LogP contribution is -2.44. The van der Waals surface area contributed by atoms with E-state index in [1.807, 2.05) is 6.07 Å². The zero-order valence-corrected chi connectivity index (χ0v) is 13.1. The van der Waals surface area contributed by atoms with Gasteiger partial charge in [0.1, 0.15) is 0 Å². The minimum Gasteiger partial charge on any atom is -0.349 e. The molecule has 0 bridgehead atoms. The van der Waals surface area contributed by atoms with Crippen molar-refractivity contribution in [3.63, 3.8) is 0 Å². The monoisotopic (exact) mass is 322 g/mol. The summed E-state index contributed by atoms with van der Waals surface area (Å²) in [5, 5.41) is 12.7. The highest BCUT2D eigenvalue weighted by Gasteiger charge is 2.25. The minimum atomic E-state index is -0.127. The zero-order valence-electron chi connectivity index (χ0n) is 11.5. The lowest BCUT2D eigenvalue weighted by molar-refractivity contribution is 0.0900. The molecule has 0 aliphatic rings. The molecule has 1 N–H and O–H groups in total. The van der Waals surface area contributed by atoms with Crippen LogP contribution in [0.1, 0.15) is 43.1 Å². The molecule has 1 aromatic carbocycles. The highest BCUT2D eigenvalue weighted by Crippen LogP contribution is 2.23. The van der Waals surface area contributed by atoms with Crippen LogP contribution < -0.4 is 5.32 Å². The number of carbonyl (C=O) groups excluding carboxylic acids is 1. The number of nitriles is 1. The molecule has 1 unspecified atom stereocenters. The topological polar surface area (TPSA) is 52.9 Å². The molecule has 0 saturated carbocycles. The van der Waals surface area contributed by atoms with E-state index >= 15 is 0 Å². The molecule has 19 heavy (non-hydrogen) atoms. The SMILES string of the molecule is CC(C)(C)C(CCBr)NC(=O)c1cccc(C#N)c1. The lowest BCUT2D eigenvalue weighted by Gasteiger charge is -2.31. The molecule has 0 saturated heterocycles. The van der Waals surface area contributed by atoms with Crippen LogP contribution in [-0.4, -0.2) is 17.3 Å². The van der Waals surface area contributed by atoms with Gasteiger partial charge in [-0.2, -0.15) is 5.26 Å². The van der Waals surface area contributed by atoms with Gasteiger partial charge in [0.25, 0.3) is 5.91 Å². The van der Waals surface area contributed by atoms with E-state index in [9.17, 15) is 4.79 Å². The Morgan fingerprint density at radius 3 is 2.68 bits per heavy atom. The minimum absolute atomic E-state index is 0.00370. The van der Waals surface area contributed by atoms with Crippen molar-refractivity contribution in [2.45, 2.75) is 33.2 Å². The number of hydrogen-bond donors (Lipinski definition) is 1. The van der Waals surface area contributed by atoms with Crippen LogP contribution in [0.5, 0.6) is 0 Å². The predicted molar refractivity (Wildman–Crippen MR) is 80.3 cm³/mol. The van der Waals surface area contributed by atoms with Gasteiger partial charge in [-0.3, -0.25) is 4.79 Å². The molecule has 0 spiro atoms. The Bertz CT molecular complexity index is 486. The van der Waals surface area contributed by atoms with Crippen molar-refractivity contribution in [2.24, 2.45) is 5.41 Å². The Hall–Kier alpha value is -1.34. The van der Waals surface area contributed by atoms with Crippen LogP contribution in [0.3, 0.4) is 0 Å². The molecule has 4 heteroatoms. The summed E-state index contributed by atoms with van der Waals surface area (Å²) in [7, 11) is 0. The molecular weight excluding hydrogens is 304 g/mol. The van der Waals surface area contributed by atoms with Crippen molar-refractivity contribution < 1.29 is 4.79 Å². The van der Waals surface area contributed by atoms with Gasteiger partial charge in [0.2, 0.25) is 0 Å². The van der Waals surface area contributed by atoms with Crippen LogP contribution in [0.25, 0.3) is 0 Å². The van der Waals surface area contributed by atoms with Gasteiger partial charge in [0.15, 0.2) is 0 Å². The molecule has 1 amide bonds. The number of alkyl halides is 1. The predicted octanol–water partition coefficient (Wildman–Crippen LogP) is 3.49. The largest absolute Gasteiger partial charge is 0.349 e. The summed E-state index contributed by atoms with van der Waals surface area (Å²) in [6.45, 7) is 6.31. The van der Waals surface area contributed by atoms with E-state index in [-0.39, 0.29) is 17.4 Å². The standard InChI is InChI=1S/C15H19BrN2O/c1-15(2,3)13(7-8-16)18-14(19)12-6-4-5-11(9-12)10-17/h4-6,9,13H,7-8H2,1-3H3,(H,18,19). The van der Waals surface area contributed by atoms with Crippen molar-refractivity contribution >= 4 is 21.8 Å². The quantitative estimate of drug-likeness (QED) is 0.863. The molecule has 1 aromatic rings. The first-order valence-electron chi connectivity index (χ1n) is 6.25. The second-order valence-corrected chi connectivity index (χ2v) is 6.36. The summed E-state index contributed by atoms with van der Waals surface area (Å²) in [6, 6.07) is 8.89. The van der Waals surface area contributed by atoms with Gasteiger partial charge in [-0.25, -0.2) is 0 Å². The number of nitrogens with zero attached hydrogens (tertiary/aromatic N) is 1. The van der Waals surface area contributed by atoms with E-state index in [2.05, 4.69) is 42.0 Å². The van der Waals surface area contributed by atoms with Gasteiger partial charge in [-0.15, -0.1) is 0 Å². The van der Waals surface area contributed by atoms with Gasteiger partial charge >= 0.3 is 0 Å². The zero-order chi connectivity index (χ0) is 14.5. The molecule has 0 aliphatic heterocycles. The molecule has 3 nitrogen and oxygen atoms in total. The summed E-state index contributed by atoms with van der Waals surface area (Å²) in [6.07, 6.45) is 0.868. The van der Waals surface area contributed by atoms with Crippen molar-refractivity contribution in [1.29, 1.82) is 5.26 Å². The van der Waals surface area contributed by atoms with Gasteiger partial charge < -0.3 is 5.32 Å². The second-order valence-electron chi connectivity index (χ2n) is 5.56. The van der Waals surface area contributed by atoms with E-state index in [0.29, 0.717) is 11.1 Å². The third kappa shape index (κ3) is 4.68. The molecule has 0 fully saturated rings. The van der Waals surface area contributed by atoms with E-state index in [0.717, 1.165) is 11.8 Å². The smallest absolute Gasteiger partial charge is 0.251 e. The Labute approximate surface area is 123 Å². The Morgan fingerprint density at radius 1 is 1.47 bits per heavy atom. The van der Waals surface area contributed by atoms with Gasteiger partial charge in [-0.1, -0.05) is 42.8 Å². The number of rotatable bonds is 4. The first kappa shape index (κ1) is 15.7. The number of halogens is 1. The maximum Gasteiger partial charge on any atom is 0.251 e.